The van der Waals surface area contributed by atoms with Gasteiger partial charge in [0.05, 0.1) is 32.3 Å². The van der Waals surface area contributed by atoms with Gasteiger partial charge in [0.15, 0.2) is 5.69 Å². The molecule has 0 spiro atoms. The van der Waals surface area contributed by atoms with Gasteiger partial charge in [0.1, 0.15) is 11.5 Å². The molecule has 20 heavy (non-hydrogen) atoms. The van der Waals surface area contributed by atoms with Crippen molar-refractivity contribution in [2.24, 2.45) is 0 Å². The summed E-state index contributed by atoms with van der Waals surface area (Å²) in [4.78, 5) is 19.2. The number of carbonyl (C=O) groups is 1. The molecule has 2 rings (SSSR count). The van der Waals surface area contributed by atoms with Crippen molar-refractivity contribution in [3.63, 3.8) is 0 Å². The number of methoxy groups -OCH3 is 2. The molecule has 2 aromatic rings. The number of esters is 1. The van der Waals surface area contributed by atoms with Gasteiger partial charge in [-0.2, -0.15) is 0 Å². The summed E-state index contributed by atoms with van der Waals surface area (Å²) in [6, 6.07) is 4.93. The highest BCUT2D eigenvalue weighted by molar-refractivity contribution is 5.86. The Balaban J connectivity index is 2.21. The lowest BCUT2D eigenvalue weighted by Crippen LogP contribution is -2.05. The molecule has 0 unspecified atom stereocenters. The number of anilines is 1. The maximum absolute atomic E-state index is 11.3. The van der Waals surface area contributed by atoms with E-state index in [0.717, 1.165) is 0 Å². The van der Waals surface area contributed by atoms with E-state index in [1.165, 1.54) is 26.6 Å². The Morgan fingerprint density at radius 1 is 1.25 bits per heavy atom. The quantitative estimate of drug-likeness (QED) is 0.669. The molecule has 2 N–H and O–H groups in total. The zero-order valence-corrected chi connectivity index (χ0v) is 11.0. The molecule has 1 aromatic carbocycles. The van der Waals surface area contributed by atoms with E-state index in [4.69, 9.17) is 15.2 Å². The number of hydrogen-bond donors (Lipinski definition) is 1. The second kappa shape index (κ2) is 5.87. The van der Waals surface area contributed by atoms with Crippen LogP contribution in [0.2, 0.25) is 0 Å². The molecule has 1 aromatic heterocycles. The first-order chi connectivity index (χ1) is 9.63. The largest absolute Gasteiger partial charge is 0.495 e. The van der Waals surface area contributed by atoms with Crippen LogP contribution in [0.4, 0.5) is 5.69 Å². The molecule has 0 aliphatic heterocycles. The monoisotopic (exact) mass is 275 g/mol. The lowest BCUT2D eigenvalue weighted by atomic mass is 10.3. The highest BCUT2D eigenvalue weighted by Crippen LogP contribution is 2.28. The number of nitrogens with two attached hydrogens (primary N) is 1. The van der Waals surface area contributed by atoms with Crippen molar-refractivity contribution in [2.45, 2.75) is 0 Å². The third-order valence-corrected chi connectivity index (χ3v) is 2.43. The van der Waals surface area contributed by atoms with Crippen LogP contribution < -0.4 is 15.2 Å². The molecule has 0 bridgehead atoms. The highest BCUT2D eigenvalue weighted by Gasteiger charge is 2.10. The van der Waals surface area contributed by atoms with Crippen molar-refractivity contribution in [1.29, 1.82) is 0 Å². The van der Waals surface area contributed by atoms with Crippen LogP contribution in [0.3, 0.4) is 0 Å². The average Bonchev–Trinajstić information content (AvgIpc) is 2.47. The van der Waals surface area contributed by atoms with Gasteiger partial charge >= 0.3 is 5.97 Å². The smallest absolute Gasteiger partial charge is 0.358 e. The van der Waals surface area contributed by atoms with E-state index in [9.17, 15) is 4.79 Å². The molecule has 0 saturated carbocycles. The number of nitrogen functional groups attached to an aromatic ring is 1. The number of rotatable bonds is 4. The van der Waals surface area contributed by atoms with Gasteiger partial charge in [0.25, 0.3) is 0 Å². The van der Waals surface area contributed by atoms with Gasteiger partial charge in [0, 0.05) is 6.07 Å². The van der Waals surface area contributed by atoms with E-state index in [1.807, 2.05) is 0 Å². The molecular formula is C13H13N3O4. The standard InChI is InChI=1S/C13H13N3O4/c1-18-11-4-3-8(5-9(11)14)20-12-7-15-6-10(16-12)13(17)19-2/h3-7H,14H2,1-2H3. The molecule has 0 aliphatic carbocycles. The summed E-state index contributed by atoms with van der Waals surface area (Å²) in [7, 11) is 2.79. The van der Waals surface area contributed by atoms with E-state index >= 15 is 0 Å². The summed E-state index contributed by atoms with van der Waals surface area (Å²) in [5.74, 6) is 0.584. The van der Waals surface area contributed by atoms with Crippen LogP contribution in [0.1, 0.15) is 10.5 Å². The average molecular weight is 275 g/mol. The van der Waals surface area contributed by atoms with Crippen LogP contribution in [0.5, 0.6) is 17.4 Å². The van der Waals surface area contributed by atoms with Crippen LogP contribution in [0, 0.1) is 0 Å². The maximum atomic E-state index is 11.3. The number of ether oxygens (including phenoxy) is 3. The second-order valence-electron chi connectivity index (χ2n) is 3.74. The van der Waals surface area contributed by atoms with Gasteiger partial charge in [-0.25, -0.2) is 9.78 Å². The number of carbonyl (C=O) groups excluding carboxylic acids is 1. The van der Waals surface area contributed by atoms with Crippen molar-refractivity contribution in [3.05, 3.63) is 36.3 Å². The van der Waals surface area contributed by atoms with Crippen LogP contribution in [0.15, 0.2) is 30.6 Å². The molecule has 0 fully saturated rings. The fourth-order valence-corrected chi connectivity index (χ4v) is 1.50. The normalized spacial score (nSPS) is 9.90. The van der Waals surface area contributed by atoms with E-state index < -0.39 is 5.97 Å². The predicted octanol–water partition coefficient (Wildman–Crippen LogP) is 1.65. The third kappa shape index (κ3) is 2.94. The first kappa shape index (κ1) is 13.6. The Morgan fingerprint density at radius 2 is 2.05 bits per heavy atom. The summed E-state index contributed by atoms with van der Waals surface area (Å²) < 4.78 is 15.1. The van der Waals surface area contributed by atoms with Gasteiger partial charge in [-0.15, -0.1) is 0 Å². The second-order valence-corrected chi connectivity index (χ2v) is 3.74. The number of aromatic nitrogens is 2. The number of benzene rings is 1. The topological polar surface area (TPSA) is 96.6 Å². The van der Waals surface area contributed by atoms with Crippen LogP contribution in [-0.2, 0) is 4.74 Å². The van der Waals surface area contributed by atoms with E-state index in [0.29, 0.717) is 17.2 Å². The minimum Gasteiger partial charge on any atom is -0.495 e. The zero-order valence-electron chi connectivity index (χ0n) is 11.0. The summed E-state index contributed by atoms with van der Waals surface area (Å²) >= 11 is 0. The van der Waals surface area contributed by atoms with Crippen LogP contribution >= 0.6 is 0 Å². The SMILES string of the molecule is COC(=O)c1cncc(Oc2ccc(OC)c(N)c2)n1. The van der Waals surface area contributed by atoms with Crippen molar-refractivity contribution >= 4 is 11.7 Å². The molecule has 0 radical (unpaired) electrons. The van der Waals surface area contributed by atoms with Crippen LogP contribution in [-0.4, -0.2) is 30.2 Å². The van der Waals surface area contributed by atoms with Gasteiger partial charge in [0.2, 0.25) is 5.88 Å². The molecule has 0 atom stereocenters. The Labute approximate surface area is 115 Å². The molecule has 7 nitrogen and oxygen atoms in total. The number of hydrogen-bond acceptors (Lipinski definition) is 7. The first-order valence-corrected chi connectivity index (χ1v) is 5.65. The summed E-state index contributed by atoms with van der Waals surface area (Å²) in [6.45, 7) is 0. The highest BCUT2D eigenvalue weighted by atomic mass is 16.5. The fraction of sp³-hybridized carbons (Fsp3) is 0.154. The van der Waals surface area contributed by atoms with Gasteiger partial charge in [-0.05, 0) is 12.1 Å². The Hall–Kier alpha value is -2.83. The third-order valence-electron chi connectivity index (χ3n) is 2.43. The maximum Gasteiger partial charge on any atom is 0.358 e. The van der Waals surface area contributed by atoms with Crippen molar-refractivity contribution in [1.82, 2.24) is 9.97 Å². The summed E-state index contributed by atoms with van der Waals surface area (Å²) in [5, 5.41) is 0. The van der Waals surface area contributed by atoms with Gasteiger partial charge in [-0.1, -0.05) is 0 Å². The Bertz CT molecular complexity index is 631. The minimum absolute atomic E-state index is 0.0616. The van der Waals surface area contributed by atoms with Crippen LogP contribution in [0.25, 0.3) is 0 Å². The predicted molar refractivity (Wildman–Crippen MR) is 70.9 cm³/mol. The van der Waals surface area contributed by atoms with E-state index in [2.05, 4.69) is 14.7 Å². The Morgan fingerprint density at radius 3 is 2.70 bits per heavy atom. The summed E-state index contributed by atoms with van der Waals surface area (Å²) in [5.41, 5.74) is 6.26. The molecule has 0 saturated heterocycles. The minimum atomic E-state index is -0.586. The van der Waals surface area contributed by atoms with Crippen molar-refractivity contribution in [3.8, 4) is 17.4 Å². The molecule has 0 aliphatic rings. The molecule has 1 heterocycles. The van der Waals surface area contributed by atoms with E-state index in [1.54, 1.807) is 18.2 Å². The summed E-state index contributed by atoms with van der Waals surface area (Å²) in [6.07, 6.45) is 2.67. The Kier molecular flexibility index (Phi) is 3.99. The van der Waals surface area contributed by atoms with E-state index in [-0.39, 0.29) is 11.6 Å². The lowest BCUT2D eigenvalue weighted by molar-refractivity contribution is 0.0592. The fourth-order valence-electron chi connectivity index (χ4n) is 1.50. The van der Waals surface area contributed by atoms with Gasteiger partial charge in [-0.3, -0.25) is 4.98 Å². The molecule has 104 valence electrons. The molecule has 0 amide bonds. The first-order valence-electron chi connectivity index (χ1n) is 5.65. The molecular weight excluding hydrogens is 262 g/mol. The van der Waals surface area contributed by atoms with Crippen molar-refractivity contribution in [2.75, 3.05) is 20.0 Å². The number of nitrogens with zero attached hydrogens (tertiary/aromatic N) is 2. The lowest BCUT2D eigenvalue weighted by Gasteiger charge is -2.08. The van der Waals surface area contributed by atoms with Crippen molar-refractivity contribution < 1.29 is 19.0 Å². The zero-order chi connectivity index (χ0) is 14.5. The molecule has 7 heteroatoms. The van der Waals surface area contributed by atoms with Gasteiger partial charge < -0.3 is 19.9 Å².